The first kappa shape index (κ1) is 17.0. The molecule has 0 amide bonds. The zero-order valence-electron chi connectivity index (χ0n) is 15.4. The topological polar surface area (TPSA) is 67.6 Å². The van der Waals surface area contributed by atoms with Crippen LogP contribution in [0.25, 0.3) is 10.9 Å². The summed E-state index contributed by atoms with van der Waals surface area (Å²) in [6, 6.07) is 18.4. The molecule has 2 N–H and O–H groups in total. The van der Waals surface area contributed by atoms with Crippen LogP contribution >= 0.6 is 0 Å². The van der Waals surface area contributed by atoms with Crippen LogP contribution in [0.15, 0.2) is 65.2 Å². The van der Waals surface area contributed by atoms with Crippen molar-refractivity contribution in [1.82, 2.24) is 4.98 Å². The van der Waals surface area contributed by atoms with Crippen LogP contribution in [0.4, 0.5) is 0 Å². The van der Waals surface area contributed by atoms with Gasteiger partial charge in [-0.1, -0.05) is 24.3 Å². The molecule has 1 unspecified atom stereocenters. The van der Waals surface area contributed by atoms with Gasteiger partial charge in [-0.2, -0.15) is 0 Å². The molecule has 2 aromatic heterocycles. The maximum Gasteiger partial charge on any atom is 0.231 e. The van der Waals surface area contributed by atoms with E-state index < -0.39 is 0 Å². The Morgan fingerprint density at radius 2 is 1.89 bits per heavy atom. The summed E-state index contributed by atoms with van der Waals surface area (Å²) in [4.78, 5) is 3.37. The summed E-state index contributed by atoms with van der Waals surface area (Å²) in [5.41, 5.74) is 3.32. The molecule has 0 radical (unpaired) electrons. The number of nitrogens with one attached hydrogen (secondary N) is 1. The molecule has 5 heteroatoms. The predicted octanol–water partition coefficient (Wildman–Crippen LogP) is 4.59. The number of para-hydroxylation sites is 1. The molecule has 142 valence electrons. The number of aromatic nitrogens is 1. The van der Waals surface area contributed by atoms with Crippen molar-refractivity contribution in [2.24, 2.45) is 0 Å². The fourth-order valence-electron chi connectivity index (χ4n) is 3.86. The van der Waals surface area contributed by atoms with Gasteiger partial charge in [-0.25, -0.2) is 0 Å². The number of ether oxygens (including phenoxy) is 2. The van der Waals surface area contributed by atoms with E-state index in [0.717, 1.165) is 46.1 Å². The van der Waals surface area contributed by atoms with Gasteiger partial charge in [0.1, 0.15) is 11.5 Å². The minimum atomic E-state index is -0.0754. The summed E-state index contributed by atoms with van der Waals surface area (Å²) in [5, 5.41) is 10.3. The van der Waals surface area contributed by atoms with E-state index in [1.54, 1.807) is 0 Å². The Hall–Kier alpha value is -3.18. The Morgan fingerprint density at radius 1 is 1.00 bits per heavy atom. The molecule has 5 rings (SSSR count). The van der Waals surface area contributed by atoms with Crippen molar-refractivity contribution in [3.05, 3.63) is 83.4 Å². The monoisotopic (exact) mass is 375 g/mol. The summed E-state index contributed by atoms with van der Waals surface area (Å²) >= 11 is 0. The molecule has 2 aromatic carbocycles. The average Bonchev–Trinajstić information content (AvgIpc) is 3.47. The van der Waals surface area contributed by atoms with E-state index in [2.05, 4.69) is 29.4 Å². The van der Waals surface area contributed by atoms with Crippen molar-refractivity contribution < 1.29 is 19.0 Å². The molecule has 0 spiro atoms. The van der Waals surface area contributed by atoms with Crippen LogP contribution < -0.4 is 9.47 Å². The quantitative estimate of drug-likeness (QED) is 0.517. The molecule has 0 saturated heterocycles. The number of hydrogen-bond acceptors (Lipinski definition) is 4. The highest BCUT2D eigenvalue weighted by Crippen LogP contribution is 2.41. The second-order valence-electron chi connectivity index (χ2n) is 6.97. The smallest absolute Gasteiger partial charge is 0.231 e. The molecule has 5 nitrogen and oxygen atoms in total. The van der Waals surface area contributed by atoms with Crippen molar-refractivity contribution in [3.63, 3.8) is 0 Å². The SMILES string of the molecule is OCCCc1ccc(C(c2ccc3c(c2)OCO3)c2c[nH]c3ccccc23)o1. The normalized spacial score (nSPS) is 13.9. The number of aliphatic hydroxyl groups is 1. The summed E-state index contributed by atoms with van der Waals surface area (Å²) in [6.45, 7) is 0.409. The Bertz CT molecular complexity index is 1110. The Kier molecular flexibility index (Phi) is 4.29. The largest absolute Gasteiger partial charge is 0.465 e. The summed E-state index contributed by atoms with van der Waals surface area (Å²) in [5.74, 6) is 3.21. The molecule has 0 aliphatic carbocycles. The number of rotatable bonds is 6. The number of hydrogen-bond donors (Lipinski definition) is 2. The molecule has 28 heavy (non-hydrogen) atoms. The Labute approximate surface area is 162 Å². The molecule has 0 saturated carbocycles. The molecular weight excluding hydrogens is 354 g/mol. The van der Waals surface area contributed by atoms with E-state index in [1.165, 1.54) is 5.39 Å². The lowest BCUT2D eigenvalue weighted by molar-refractivity contribution is 0.174. The molecule has 3 heterocycles. The van der Waals surface area contributed by atoms with Gasteiger partial charge in [0.25, 0.3) is 0 Å². The lowest BCUT2D eigenvalue weighted by atomic mass is 9.88. The van der Waals surface area contributed by atoms with Crippen LogP contribution in [0, 0.1) is 0 Å². The second kappa shape index (κ2) is 7.09. The van der Waals surface area contributed by atoms with Crippen molar-refractivity contribution in [2.45, 2.75) is 18.8 Å². The molecule has 0 fully saturated rings. The lowest BCUT2D eigenvalue weighted by Crippen LogP contribution is -2.02. The van der Waals surface area contributed by atoms with Gasteiger partial charge in [0.2, 0.25) is 6.79 Å². The molecule has 1 aliphatic rings. The predicted molar refractivity (Wildman–Crippen MR) is 106 cm³/mol. The standard InChI is InChI=1S/C23H21NO4/c25-11-3-4-16-8-10-21(28-16)23(15-7-9-20-22(12-15)27-14-26-20)18-13-24-19-6-2-1-5-17(18)19/h1-2,5-10,12-13,23-25H,3-4,11,14H2. The number of fused-ring (bicyclic) bond motifs is 2. The van der Waals surface area contributed by atoms with Gasteiger partial charge < -0.3 is 24.0 Å². The minimum Gasteiger partial charge on any atom is -0.465 e. The zero-order valence-corrected chi connectivity index (χ0v) is 15.4. The third-order valence-electron chi connectivity index (χ3n) is 5.21. The van der Waals surface area contributed by atoms with Gasteiger partial charge in [0.05, 0.1) is 5.92 Å². The lowest BCUT2D eigenvalue weighted by Gasteiger charge is -2.16. The van der Waals surface area contributed by atoms with Crippen LogP contribution in [0.1, 0.15) is 35.0 Å². The molecule has 0 bridgehead atoms. The molecule has 1 atom stereocenters. The van der Waals surface area contributed by atoms with E-state index in [-0.39, 0.29) is 19.3 Å². The number of aliphatic hydroxyl groups excluding tert-OH is 1. The number of aryl methyl sites for hydroxylation is 1. The van der Waals surface area contributed by atoms with E-state index in [1.807, 2.05) is 36.4 Å². The summed E-state index contributed by atoms with van der Waals surface area (Å²) in [6.07, 6.45) is 3.46. The van der Waals surface area contributed by atoms with E-state index in [4.69, 9.17) is 19.0 Å². The third-order valence-corrected chi connectivity index (χ3v) is 5.21. The van der Waals surface area contributed by atoms with Gasteiger partial charge >= 0.3 is 0 Å². The van der Waals surface area contributed by atoms with E-state index in [0.29, 0.717) is 6.42 Å². The van der Waals surface area contributed by atoms with Crippen molar-refractivity contribution >= 4 is 10.9 Å². The highest BCUT2D eigenvalue weighted by atomic mass is 16.7. The molecule has 1 aliphatic heterocycles. The van der Waals surface area contributed by atoms with Gasteiger partial charge in [0, 0.05) is 30.1 Å². The Morgan fingerprint density at radius 3 is 2.82 bits per heavy atom. The third kappa shape index (κ3) is 2.94. The fourth-order valence-corrected chi connectivity index (χ4v) is 3.86. The second-order valence-corrected chi connectivity index (χ2v) is 6.97. The maximum absolute atomic E-state index is 9.11. The van der Waals surface area contributed by atoms with Crippen LogP contribution in [-0.4, -0.2) is 23.5 Å². The Balaban J connectivity index is 1.63. The fraction of sp³-hybridized carbons (Fsp3) is 0.217. The first-order chi connectivity index (χ1) is 13.8. The highest BCUT2D eigenvalue weighted by molar-refractivity contribution is 5.84. The van der Waals surface area contributed by atoms with Gasteiger partial charge in [0.15, 0.2) is 11.5 Å². The van der Waals surface area contributed by atoms with Crippen molar-refractivity contribution in [2.75, 3.05) is 13.4 Å². The number of aromatic amines is 1. The van der Waals surface area contributed by atoms with Gasteiger partial charge in [-0.3, -0.25) is 0 Å². The number of furan rings is 1. The summed E-state index contributed by atoms with van der Waals surface area (Å²) < 4.78 is 17.3. The van der Waals surface area contributed by atoms with Gasteiger partial charge in [-0.15, -0.1) is 0 Å². The van der Waals surface area contributed by atoms with Crippen molar-refractivity contribution in [1.29, 1.82) is 0 Å². The van der Waals surface area contributed by atoms with Crippen LogP contribution in [-0.2, 0) is 6.42 Å². The molecular formula is C23H21NO4. The zero-order chi connectivity index (χ0) is 18.9. The van der Waals surface area contributed by atoms with E-state index >= 15 is 0 Å². The van der Waals surface area contributed by atoms with Crippen molar-refractivity contribution in [3.8, 4) is 11.5 Å². The number of H-pyrrole nitrogens is 1. The van der Waals surface area contributed by atoms with Crippen LogP contribution in [0.2, 0.25) is 0 Å². The average molecular weight is 375 g/mol. The van der Waals surface area contributed by atoms with E-state index in [9.17, 15) is 0 Å². The van der Waals surface area contributed by atoms with Crippen LogP contribution in [0.5, 0.6) is 11.5 Å². The minimum absolute atomic E-state index is 0.0754. The number of benzene rings is 2. The van der Waals surface area contributed by atoms with Crippen LogP contribution in [0.3, 0.4) is 0 Å². The van der Waals surface area contributed by atoms with Gasteiger partial charge in [-0.05, 0) is 47.9 Å². The first-order valence-corrected chi connectivity index (χ1v) is 9.48. The molecule has 4 aromatic rings. The first-order valence-electron chi connectivity index (χ1n) is 9.48. The maximum atomic E-state index is 9.11. The summed E-state index contributed by atoms with van der Waals surface area (Å²) in [7, 11) is 0. The highest BCUT2D eigenvalue weighted by Gasteiger charge is 2.25.